The van der Waals surface area contributed by atoms with Crippen molar-refractivity contribution in [2.75, 3.05) is 19.7 Å². The number of rotatable bonds is 9. The molecule has 0 aliphatic carbocycles. The van der Waals surface area contributed by atoms with Crippen LogP contribution in [0.2, 0.25) is 0 Å². The number of esters is 1. The summed E-state index contributed by atoms with van der Waals surface area (Å²) in [5.74, 6) is -0.745. The molecule has 0 spiro atoms. The monoisotopic (exact) mass is 402 g/mol. The molecule has 0 atom stereocenters. The highest BCUT2D eigenvalue weighted by atomic mass is 16.5. The van der Waals surface area contributed by atoms with Gasteiger partial charge >= 0.3 is 5.97 Å². The maximum Gasteiger partial charge on any atom is 0.378 e. The Kier molecular flexibility index (Phi) is 6.89. The maximum atomic E-state index is 12.5. The van der Waals surface area contributed by atoms with Crippen LogP contribution in [0.25, 0.3) is 17.1 Å². The van der Waals surface area contributed by atoms with Crippen molar-refractivity contribution in [1.29, 1.82) is 0 Å². The molecule has 152 valence electrons. The second-order valence-corrected chi connectivity index (χ2v) is 6.32. The first-order chi connectivity index (χ1) is 14.6. The first-order valence-electron chi connectivity index (χ1n) is 9.38. The van der Waals surface area contributed by atoms with Crippen molar-refractivity contribution in [2.24, 2.45) is 0 Å². The summed E-state index contributed by atoms with van der Waals surface area (Å²) in [6, 6.07) is 18.8. The maximum absolute atomic E-state index is 12.5. The summed E-state index contributed by atoms with van der Waals surface area (Å²) in [5, 5.41) is 4.33. The zero-order valence-corrected chi connectivity index (χ0v) is 16.5. The molecule has 0 N–H and O–H groups in total. The summed E-state index contributed by atoms with van der Waals surface area (Å²) in [6.07, 6.45) is 3.19. The number of carbonyl (C=O) groups is 2. The molecule has 1 heterocycles. The van der Waals surface area contributed by atoms with E-state index in [1.54, 1.807) is 16.8 Å². The van der Waals surface area contributed by atoms with Gasteiger partial charge in [0.1, 0.15) is 0 Å². The quantitative estimate of drug-likeness (QED) is 0.405. The Balaban J connectivity index is 1.83. The zero-order valence-electron chi connectivity index (χ0n) is 16.5. The molecule has 2 aromatic carbocycles. The standard InChI is InChI=1S/C23H22N4O3/c1-3-15-26(16-4-2)20(28)17-30-23(29)21-24-22(18-11-7-5-8-12-18)27(25-21)19-13-9-6-10-14-19/h3-14H,1-2,15-17H2. The van der Waals surface area contributed by atoms with Crippen LogP contribution in [-0.4, -0.2) is 51.2 Å². The molecule has 7 nitrogen and oxygen atoms in total. The molecule has 3 aromatic rings. The van der Waals surface area contributed by atoms with Crippen LogP contribution in [-0.2, 0) is 9.53 Å². The van der Waals surface area contributed by atoms with Gasteiger partial charge in [0.05, 0.1) is 5.69 Å². The Labute approximate surface area is 174 Å². The molecule has 0 fully saturated rings. The van der Waals surface area contributed by atoms with Gasteiger partial charge in [-0.3, -0.25) is 4.79 Å². The predicted molar refractivity (Wildman–Crippen MR) is 114 cm³/mol. The van der Waals surface area contributed by atoms with Crippen molar-refractivity contribution in [3.05, 3.63) is 91.8 Å². The number of carbonyl (C=O) groups excluding carboxylic acids is 2. The van der Waals surface area contributed by atoms with Crippen LogP contribution in [0.4, 0.5) is 0 Å². The highest BCUT2D eigenvalue weighted by molar-refractivity contribution is 5.88. The third kappa shape index (κ3) is 4.88. The lowest BCUT2D eigenvalue weighted by Crippen LogP contribution is -2.35. The molecule has 1 aromatic heterocycles. The van der Waals surface area contributed by atoms with E-state index in [2.05, 4.69) is 23.2 Å². The van der Waals surface area contributed by atoms with Gasteiger partial charge in [0.25, 0.3) is 11.7 Å². The van der Waals surface area contributed by atoms with Gasteiger partial charge in [-0.1, -0.05) is 60.7 Å². The van der Waals surface area contributed by atoms with Crippen molar-refractivity contribution in [1.82, 2.24) is 19.7 Å². The van der Waals surface area contributed by atoms with Crippen LogP contribution in [0.3, 0.4) is 0 Å². The van der Waals surface area contributed by atoms with E-state index < -0.39 is 12.6 Å². The highest BCUT2D eigenvalue weighted by Crippen LogP contribution is 2.21. The number of benzene rings is 2. The number of hydrogen-bond acceptors (Lipinski definition) is 5. The Hall–Kier alpha value is -4.00. The molecular weight excluding hydrogens is 380 g/mol. The minimum Gasteiger partial charge on any atom is -0.450 e. The van der Waals surface area contributed by atoms with Gasteiger partial charge < -0.3 is 9.64 Å². The molecule has 3 rings (SSSR count). The minimum absolute atomic E-state index is 0.121. The van der Waals surface area contributed by atoms with E-state index in [1.165, 1.54) is 4.90 Å². The van der Waals surface area contributed by atoms with Gasteiger partial charge in [0, 0.05) is 18.7 Å². The number of nitrogens with zero attached hydrogens (tertiary/aromatic N) is 4. The van der Waals surface area contributed by atoms with Crippen LogP contribution < -0.4 is 0 Å². The van der Waals surface area contributed by atoms with Crippen LogP contribution in [0.5, 0.6) is 0 Å². The highest BCUT2D eigenvalue weighted by Gasteiger charge is 2.21. The van der Waals surface area contributed by atoms with Crippen molar-refractivity contribution < 1.29 is 14.3 Å². The first-order valence-corrected chi connectivity index (χ1v) is 9.38. The second-order valence-electron chi connectivity index (χ2n) is 6.32. The fourth-order valence-electron chi connectivity index (χ4n) is 2.79. The Morgan fingerprint density at radius 1 is 0.967 bits per heavy atom. The molecule has 0 aliphatic rings. The summed E-state index contributed by atoms with van der Waals surface area (Å²) in [6.45, 7) is 7.49. The lowest BCUT2D eigenvalue weighted by molar-refractivity contribution is -0.133. The normalized spacial score (nSPS) is 10.3. The van der Waals surface area contributed by atoms with Crippen LogP contribution >= 0.6 is 0 Å². The number of para-hydroxylation sites is 1. The van der Waals surface area contributed by atoms with Gasteiger partial charge in [-0.15, -0.1) is 18.3 Å². The smallest absolute Gasteiger partial charge is 0.378 e. The second kappa shape index (κ2) is 9.97. The van der Waals surface area contributed by atoms with Crippen molar-refractivity contribution >= 4 is 11.9 Å². The summed E-state index contributed by atoms with van der Waals surface area (Å²) in [7, 11) is 0. The van der Waals surface area contributed by atoms with Gasteiger partial charge in [-0.05, 0) is 12.1 Å². The third-order valence-electron chi connectivity index (χ3n) is 4.20. The molecular formula is C23H22N4O3. The first kappa shape index (κ1) is 20.7. The number of hydrogen-bond donors (Lipinski definition) is 0. The third-order valence-corrected chi connectivity index (χ3v) is 4.20. The molecule has 0 unspecified atom stereocenters. The average Bonchev–Trinajstić information content (AvgIpc) is 3.24. The summed E-state index contributed by atoms with van der Waals surface area (Å²) in [4.78, 5) is 30.7. The summed E-state index contributed by atoms with van der Waals surface area (Å²) < 4.78 is 6.75. The minimum atomic E-state index is -0.771. The Bertz CT molecular complexity index is 962. The van der Waals surface area contributed by atoms with E-state index in [0.29, 0.717) is 18.9 Å². The topological polar surface area (TPSA) is 77.3 Å². The van der Waals surface area contributed by atoms with Gasteiger partial charge in [0.2, 0.25) is 0 Å². The molecule has 0 aliphatic heterocycles. The number of amides is 1. The molecule has 30 heavy (non-hydrogen) atoms. The molecule has 0 saturated carbocycles. The van der Waals surface area contributed by atoms with Crippen LogP contribution in [0.1, 0.15) is 10.6 Å². The van der Waals surface area contributed by atoms with Crippen LogP contribution in [0, 0.1) is 0 Å². The largest absolute Gasteiger partial charge is 0.450 e. The molecule has 0 bridgehead atoms. The van der Waals surface area contributed by atoms with E-state index in [0.717, 1.165) is 11.3 Å². The average molecular weight is 402 g/mol. The van der Waals surface area contributed by atoms with Crippen molar-refractivity contribution in [2.45, 2.75) is 0 Å². The van der Waals surface area contributed by atoms with E-state index in [4.69, 9.17) is 4.74 Å². The Morgan fingerprint density at radius 3 is 2.17 bits per heavy atom. The lowest BCUT2D eigenvalue weighted by Gasteiger charge is -2.18. The number of ether oxygens (including phenoxy) is 1. The van der Waals surface area contributed by atoms with Crippen molar-refractivity contribution in [3.63, 3.8) is 0 Å². The SMILES string of the molecule is C=CCN(CC=C)C(=O)COC(=O)c1nc(-c2ccccc2)n(-c2ccccc2)n1. The Morgan fingerprint density at radius 2 is 1.57 bits per heavy atom. The number of aromatic nitrogens is 3. The van der Waals surface area contributed by atoms with Gasteiger partial charge in [-0.25, -0.2) is 14.5 Å². The molecule has 1 amide bonds. The van der Waals surface area contributed by atoms with E-state index in [1.807, 2.05) is 60.7 Å². The van der Waals surface area contributed by atoms with Crippen molar-refractivity contribution in [3.8, 4) is 17.1 Å². The summed E-state index contributed by atoms with van der Waals surface area (Å²) in [5.41, 5.74) is 1.55. The van der Waals surface area contributed by atoms with Crippen LogP contribution in [0.15, 0.2) is 86.0 Å². The summed E-state index contributed by atoms with van der Waals surface area (Å²) >= 11 is 0. The molecule has 0 radical (unpaired) electrons. The predicted octanol–water partition coefficient (Wildman–Crippen LogP) is 3.29. The lowest BCUT2D eigenvalue weighted by atomic mass is 10.2. The van der Waals surface area contributed by atoms with E-state index >= 15 is 0 Å². The molecule has 0 saturated heterocycles. The van der Waals surface area contributed by atoms with Gasteiger partial charge in [0.15, 0.2) is 12.4 Å². The van der Waals surface area contributed by atoms with E-state index in [-0.39, 0.29) is 11.7 Å². The van der Waals surface area contributed by atoms with Gasteiger partial charge in [-0.2, -0.15) is 0 Å². The van der Waals surface area contributed by atoms with E-state index in [9.17, 15) is 9.59 Å². The fraction of sp³-hybridized carbons (Fsp3) is 0.130. The zero-order chi connectivity index (χ0) is 21.3. The fourth-order valence-corrected chi connectivity index (χ4v) is 2.79. The molecule has 7 heteroatoms.